The molecule has 172 valence electrons. The second-order valence-electron chi connectivity index (χ2n) is 8.56. The first-order chi connectivity index (χ1) is 16.0. The lowest BCUT2D eigenvalue weighted by Gasteiger charge is -2.31. The van der Waals surface area contributed by atoms with Crippen LogP contribution in [-0.2, 0) is 29.1 Å². The number of nitrogens with zero attached hydrogens (tertiary/aromatic N) is 5. The van der Waals surface area contributed by atoms with Crippen LogP contribution in [0.3, 0.4) is 0 Å². The third kappa shape index (κ3) is 4.22. The van der Waals surface area contributed by atoms with Gasteiger partial charge in [-0.15, -0.1) is 0 Å². The second-order valence-corrected chi connectivity index (χ2v) is 9.54. The zero-order chi connectivity index (χ0) is 22.9. The van der Waals surface area contributed by atoms with Gasteiger partial charge in [0.15, 0.2) is 10.8 Å². The molecule has 1 atom stereocenters. The van der Waals surface area contributed by atoms with Crippen LogP contribution in [0, 0.1) is 5.92 Å². The molecule has 1 fully saturated rings. The Hall–Kier alpha value is -3.27. The summed E-state index contributed by atoms with van der Waals surface area (Å²) in [7, 11) is 1.65. The number of anilines is 1. The summed E-state index contributed by atoms with van der Waals surface area (Å²) in [6, 6.07) is 8.14. The van der Waals surface area contributed by atoms with E-state index in [1.54, 1.807) is 11.9 Å². The van der Waals surface area contributed by atoms with Crippen LogP contribution in [0.25, 0.3) is 10.3 Å². The largest absolute Gasteiger partial charge is 0.359 e. The number of amides is 2. The highest BCUT2D eigenvalue weighted by Gasteiger charge is 2.28. The molecule has 2 aliphatic rings. The van der Waals surface area contributed by atoms with E-state index < -0.39 is 0 Å². The molecule has 0 bridgehead atoms. The lowest BCUT2D eigenvalue weighted by atomic mass is 9.98. The van der Waals surface area contributed by atoms with Gasteiger partial charge in [0.1, 0.15) is 17.6 Å². The van der Waals surface area contributed by atoms with Crippen molar-refractivity contribution < 1.29 is 9.59 Å². The van der Waals surface area contributed by atoms with E-state index in [2.05, 4.69) is 26.3 Å². The smallest absolute Gasteiger partial charge is 0.273 e. The Morgan fingerprint density at radius 3 is 2.85 bits per heavy atom. The van der Waals surface area contributed by atoms with Crippen LogP contribution in [0.1, 0.15) is 24.0 Å². The van der Waals surface area contributed by atoms with Crippen LogP contribution in [0.2, 0.25) is 0 Å². The Morgan fingerprint density at radius 2 is 2.03 bits per heavy atom. The molecule has 1 N–H and O–H groups in total. The lowest BCUT2D eigenvalue weighted by Crippen LogP contribution is -2.42. The number of hydrogen-bond acceptors (Lipinski definition) is 7. The number of rotatable bonds is 4. The molecule has 2 amide bonds. The van der Waals surface area contributed by atoms with Crippen LogP contribution < -0.4 is 15.8 Å². The molecule has 2 aliphatic heterocycles. The summed E-state index contributed by atoms with van der Waals surface area (Å²) in [5.74, 6) is -0.158. The van der Waals surface area contributed by atoms with Crippen molar-refractivity contribution in [3.8, 4) is 0 Å². The minimum absolute atomic E-state index is 0.0279. The fraction of sp³-hybridized carbons (Fsp3) is 0.435. The van der Waals surface area contributed by atoms with Crippen LogP contribution in [0.4, 0.5) is 5.13 Å². The highest BCUT2D eigenvalue weighted by Crippen LogP contribution is 2.29. The molecule has 0 spiro atoms. The summed E-state index contributed by atoms with van der Waals surface area (Å²) >= 11 is 1.28. The monoisotopic (exact) mass is 466 g/mol. The number of carbonyl (C=O) groups is 2. The summed E-state index contributed by atoms with van der Waals surface area (Å²) in [4.78, 5) is 50.8. The van der Waals surface area contributed by atoms with Gasteiger partial charge in [0.05, 0.1) is 5.92 Å². The van der Waals surface area contributed by atoms with E-state index in [0.29, 0.717) is 35.1 Å². The molecule has 0 radical (unpaired) electrons. The van der Waals surface area contributed by atoms with Gasteiger partial charge < -0.3 is 15.1 Å². The zero-order valence-corrected chi connectivity index (χ0v) is 19.3. The standard InChI is InChI=1S/C23H26N6O3S/c1-24-21(31)17-7-4-9-28(12-17)23-26-20-19(33-23)22(32)29(14-25-20)13-18(30)27-10-8-15-5-2-3-6-16(15)11-27/h2-3,5-6,14,17H,4,7-13H2,1H3,(H,24,31). The van der Waals surface area contributed by atoms with Crippen LogP contribution in [0.5, 0.6) is 0 Å². The fourth-order valence-corrected chi connectivity index (χ4v) is 5.61. The molecular formula is C23H26N6O3S. The third-order valence-corrected chi connectivity index (χ3v) is 7.56. The molecule has 0 saturated carbocycles. The van der Waals surface area contributed by atoms with Crippen molar-refractivity contribution in [2.45, 2.75) is 32.4 Å². The van der Waals surface area contributed by atoms with E-state index in [4.69, 9.17) is 0 Å². The average Bonchev–Trinajstić information content (AvgIpc) is 3.30. The van der Waals surface area contributed by atoms with Gasteiger partial charge in [0.25, 0.3) is 5.56 Å². The molecule has 1 saturated heterocycles. The van der Waals surface area contributed by atoms with Crippen LogP contribution >= 0.6 is 11.3 Å². The molecule has 33 heavy (non-hydrogen) atoms. The van der Waals surface area contributed by atoms with Crippen molar-refractivity contribution in [3.63, 3.8) is 0 Å². The molecule has 9 nitrogen and oxygen atoms in total. The summed E-state index contributed by atoms with van der Waals surface area (Å²) in [5.41, 5.74) is 2.56. The molecule has 1 aromatic carbocycles. The molecule has 2 aromatic heterocycles. The van der Waals surface area contributed by atoms with E-state index in [1.165, 1.54) is 27.8 Å². The first-order valence-electron chi connectivity index (χ1n) is 11.2. The number of fused-ring (bicyclic) bond motifs is 2. The molecule has 1 unspecified atom stereocenters. The topological polar surface area (TPSA) is 100 Å². The summed E-state index contributed by atoms with van der Waals surface area (Å²) in [5, 5.41) is 3.41. The highest BCUT2D eigenvalue weighted by atomic mass is 32.1. The van der Waals surface area contributed by atoms with E-state index >= 15 is 0 Å². The van der Waals surface area contributed by atoms with Crippen molar-refractivity contribution in [1.29, 1.82) is 0 Å². The van der Waals surface area contributed by atoms with Gasteiger partial charge in [-0.05, 0) is 30.4 Å². The quantitative estimate of drug-likeness (QED) is 0.624. The molecule has 3 aromatic rings. The van der Waals surface area contributed by atoms with E-state index in [0.717, 1.165) is 31.4 Å². The maximum Gasteiger partial charge on any atom is 0.273 e. The number of piperidine rings is 1. The Bertz CT molecular complexity index is 1270. The van der Waals surface area contributed by atoms with Crippen molar-refractivity contribution >= 4 is 38.6 Å². The maximum absolute atomic E-state index is 13.1. The molecule has 5 rings (SSSR count). The number of thiazole rings is 1. The third-order valence-electron chi connectivity index (χ3n) is 6.47. The van der Waals surface area contributed by atoms with E-state index in [-0.39, 0.29) is 29.8 Å². The van der Waals surface area contributed by atoms with Gasteiger partial charge >= 0.3 is 0 Å². The summed E-state index contributed by atoms with van der Waals surface area (Å²) in [6.07, 6.45) is 3.96. The predicted octanol–water partition coefficient (Wildman–Crippen LogP) is 1.40. The number of hydrogen-bond donors (Lipinski definition) is 1. The lowest BCUT2D eigenvalue weighted by molar-refractivity contribution is -0.132. The minimum atomic E-state index is -0.255. The van der Waals surface area contributed by atoms with Gasteiger partial charge in [-0.3, -0.25) is 19.0 Å². The van der Waals surface area contributed by atoms with Crippen LogP contribution in [0.15, 0.2) is 35.4 Å². The Morgan fingerprint density at radius 1 is 1.21 bits per heavy atom. The number of nitrogens with one attached hydrogen (secondary N) is 1. The molecular weight excluding hydrogens is 440 g/mol. The first kappa shape index (κ1) is 21.6. The van der Waals surface area contributed by atoms with Gasteiger partial charge in [0, 0.05) is 33.2 Å². The average molecular weight is 467 g/mol. The summed E-state index contributed by atoms with van der Waals surface area (Å²) in [6.45, 7) is 2.52. The van der Waals surface area contributed by atoms with Crippen molar-refractivity contribution in [2.24, 2.45) is 5.92 Å². The maximum atomic E-state index is 13.1. The van der Waals surface area contributed by atoms with Crippen LogP contribution in [-0.4, -0.2) is 57.9 Å². The molecule has 0 aliphatic carbocycles. The predicted molar refractivity (Wildman–Crippen MR) is 126 cm³/mol. The normalized spacial score (nSPS) is 18.3. The second kappa shape index (κ2) is 8.93. The molecule has 4 heterocycles. The first-order valence-corrected chi connectivity index (χ1v) is 12.0. The highest BCUT2D eigenvalue weighted by molar-refractivity contribution is 7.22. The zero-order valence-electron chi connectivity index (χ0n) is 18.5. The SMILES string of the molecule is CNC(=O)C1CCCN(c2nc3ncn(CC(=O)N4CCc5ccccc5C4)c(=O)c3s2)C1. The van der Waals surface area contributed by atoms with Gasteiger partial charge in [-0.25, -0.2) is 4.98 Å². The van der Waals surface area contributed by atoms with E-state index in [9.17, 15) is 14.4 Å². The Kier molecular flexibility index (Phi) is 5.84. The Labute approximate surface area is 195 Å². The van der Waals surface area contributed by atoms with Crippen molar-refractivity contribution in [2.75, 3.05) is 31.6 Å². The number of carbonyl (C=O) groups excluding carboxylic acids is 2. The van der Waals surface area contributed by atoms with Gasteiger partial charge in [0.2, 0.25) is 11.8 Å². The van der Waals surface area contributed by atoms with Gasteiger partial charge in [-0.1, -0.05) is 35.6 Å². The Balaban J connectivity index is 1.33. The minimum Gasteiger partial charge on any atom is -0.359 e. The summed E-state index contributed by atoms with van der Waals surface area (Å²) < 4.78 is 1.81. The van der Waals surface area contributed by atoms with Gasteiger partial charge in [-0.2, -0.15) is 4.98 Å². The van der Waals surface area contributed by atoms with Crippen molar-refractivity contribution in [1.82, 2.24) is 24.8 Å². The van der Waals surface area contributed by atoms with Crippen molar-refractivity contribution in [3.05, 3.63) is 52.1 Å². The fourth-order valence-electron chi connectivity index (χ4n) is 4.61. The molecule has 10 heteroatoms. The van der Waals surface area contributed by atoms with E-state index in [1.807, 2.05) is 18.2 Å². The number of aromatic nitrogens is 3. The number of benzene rings is 1.